The molecule has 1 aromatic heterocycles. The largest absolute Gasteiger partial charge is 0.493 e. The van der Waals surface area contributed by atoms with Gasteiger partial charge in [-0.2, -0.15) is 0 Å². The van der Waals surface area contributed by atoms with Crippen LogP contribution in [-0.2, 0) is 0 Å². The summed E-state index contributed by atoms with van der Waals surface area (Å²) in [6.45, 7) is 5.23. The molecule has 0 bridgehead atoms. The number of pyridine rings is 1. The minimum absolute atomic E-state index is 0.0421. The second-order valence-corrected chi connectivity index (χ2v) is 10.3. The number of carbonyl (C=O) groups excluding carboxylic acids is 2. The highest BCUT2D eigenvalue weighted by molar-refractivity contribution is 5.96. The van der Waals surface area contributed by atoms with E-state index in [0.29, 0.717) is 67.6 Å². The number of anilines is 1. The second kappa shape index (κ2) is 11.9. The predicted octanol–water partition coefficient (Wildman–Crippen LogP) is 4.53. The molecule has 0 radical (unpaired) electrons. The van der Waals surface area contributed by atoms with Crippen LogP contribution in [0, 0.1) is 12.7 Å². The lowest BCUT2D eigenvalue weighted by Gasteiger charge is -2.37. The lowest BCUT2D eigenvalue weighted by atomic mass is 9.89. The van der Waals surface area contributed by atoms with Gasteiger partial charge in [0, 0.05) is 56.4 Å². The van der Waals surface area contributed by atoms with Crippen molar-refractivity contribution < 1.29 is 23.5 Å². The van der Waals surface area contributed by atoms with Crippen molar-refractivity contribution in [3.8, 4) is 11.5 Å². The summed E-state index contributed by atoms with van der Waals surface area (Å²) >= 11 is 0. The summed E-state index contributed by atoms with van der Waals surface area (Å²) in [5, 5.41) is 0. The van der Waals surface area contributed by atoms with Crippen molar-refractivity contribution in [3.63, 3.8) is 0 Å². The molecule has 2 aliphatic heterocycles. The standard InChI is InChI=1S/C31H35FN4O4/c1-21-8-10-24(31(38)36-18-16-34(17-19-36)26-7-5-4-6-25(26)32)29(33-21)22-12-14-35(15-13-22)30(37)23-9-11-27(39-2)28(20-23)40-3/h4-11,20,22H,12-19H2,1-3H3. The third-order valence-corrected chi connectivity index (χ3v) is 7.85. The van der Waals surface area contributed by atoms with Gasteiger partial charge in [0.15, 0.2) is 11.5 Å². The lowest BCUT2D eigenvalue weighted by Crippen LogP contribution is -2.49. The molecule has 0 unspecified atom stereocenters. The maximum Gasteiger partial charge on any atom is 0.255 e. The number of aryl methyl sites for hydroxylation is 1. The van der Waals surface area contributed by atoms with Crippen LogP contribution in [0.4, 0.5) is 10.1 Å². The zero-order valence-electron chi connectivity index (χ0n) is 23.2. The number of carbonyl (C=O) groups is 2. The van der Waals surface area contributed by atoms with Crippen molar-refractivity contribution in [2.75, 3.05) is 58.4 Å². The van der Waals surface area contributed by atoms with Gasteiger partial charge in [-0.25, -0.2) is 4.39 Å². The predicted molar refractivity (Wildman–Crippen MR) is 151 cm³/mol. The fourth-order valence-electron chi connectivity index (χ4n) is 5.61. The molecular weight excluding hydrogens is 511 g/mol. The summed E-state index contributed by atoms with van der Waals surface area (Å²) in [6, 6.07) is 15.7. The molecule has 0 aliphatic carbocycles. The first kappa shape index (κ1) is 27.4. The second-order valence-electron chi connectivity index (χ2n) is 10.3. The first-order valence-corrected chi connectivity index (χ1v) is 13.7. The molecule has 210 valence electrons. The van der Waals surface area contributed by atoms with Crippen molar-refractivity contribution in [2.24, 2.45) is 0 Å². The number of hydrogen-bond acceptors (Lipinski definition) is 6. The molecule has 0 spiro atoms. The number of hydrogen-bond donors (Lipinski definition) is 0. The SMILES string of the molecule is COc1ccc(C(=O)N2CCC(c3nc(C)ccc3C(=O)N3CCN(c4ccccc4F)CC3)CC2)cc1OC. The average molecular weight is 547 g/mol. The number of rotatable bonds is 6. The molecule has 0 N–H and O–H groups in total. The van der Waals surface area contributed by atoms with Crippen LogP contribution in [-0.4, -0.2) is 80.1 Å². The summed E-state index contributed by atoms with van der Waals surface area (Å²) in [6.07, 6.45) is 1.44. The molecule has 3 heterocycles. The van der Waals surface area contributed by atoms with Crippen LogP contribution < -0.4 is 14.4 Å². The van der Waals surface area contributed by atoms with Crippen LogP contribution in [0.3, 0.4) is 0 Å². The summed E-state index contributed by atoms with van der Waals surface area (Å²) < 4.78 is 24.9. The van der Waals surface area contributed by atoms with Crippen LogP contribution in [0.5, 0.6) is 11.5 Å². The Bertz CT molecular complexity index is 1380. The maximum absolute atomic E-state index is 14.3. The topological polar surface area (TPSA) is 75.2 Å². The lowest BCUT2D eigenvalue weighted by molar-refractivity contribution is 0.0701. The van der Waals surface area contributed by atoms with Crippen molar-refractivity contribution in [2.45, 2.75) is 25.7 Å². The van der Waals surface area contributed by atoms with Gasteiger partial charge in [0.2, 0.25) is 0 Å². The third kappa shape index (κ3) is 5.59. The van der Waals surface area contributed by atoms with Crippen LogP contribution in [0.25, 0.3) is 0 Å². The molecule has 2 saturated heterocycles. The highest BCUT2D eigenvalue weighted by Gasteiger charge is 2.31. The summed E-state index contributed by atoms with van der Waals surface area (Å²) in [5.41, 5.74) is 3.41. The summed E-state index contributed by atoms with van der Waals surface area (Å²) in [7, 11) is 3.11. The van der Waals surface area contributed by atoms with Gasteiger partial charge < -0.3 is 24.2 Å². The number of likely N-dealkylation sites (tertiary alicyclic amines) is 1. The van der Waals surface area contributed by atoms with E-state index in [0.717, 1.165) is 24.2 Å². The Morgan fingerprint density at radius 2 is 1.50 bits per heavy atom. The fraction of sp³-hybridized carbons (Fsp3) is 0.387. The Morgan fingerprint density at radius 3 is 2.17 bits per heavy atom. The molecule has 5 rings (SSSR count). The Labute approximate surface area is 234 Å². The summed E-state index contributed by atoms with van der Waals surface area (Å²) in [4.78, 5) is 37.4. The molecule has 0 atom stereocenters. The van der Waals surface area contributed by atoms with Crippen molar-refractivity contribution in [1.82, 2.24) is 14.8 Å². The Kier molecular flexibility index (Phi) is 8.19. The number of piperidine rings is 1. The molecule has 2 fully saturated rings. The number of halogens is 1. The van der Waals surface area contributed by atoms with Crippen LogP contribution in [0.1, 0.15) is 50.9 Å². The van der Waals surface area contributed by atoms with Gasteiger partial charge in [0.05, 0.1) is 31.2 Å². The minimum Gasteiger partial charge on any atom is -0.493 e. The third-order valence-electron chi connectivity index (χ3n) is 7.85. The Balaban J connectivity index is 1.25. The van der Waals surface area contributed by atoms with E-state index < -0.39 is 0 Å². The molecular formula is C31H35FN4O4. The quantitative estimate of drug-likeness (QED) is 0.452. The first-order chi connectivity index (χ1) is 19.4. The highest BCUT2D eigenvalue weighted by atomic mass is 19.1. The summed E-state index contributed by atoms with van der Waals surface area (Å²) in [5.74, 6) is 0.829. The maximum atomic E-state index is 14.3. The van der Waals surface area contributed by atoms with Gasteiger partial charge in [-0.05, 0) is 62.2 Å². The Morgan fingerprint density at radius 1 is 0.825 bits per heavy atom. The number of methoxy groups -OCH3 is 2. The van der Waals surface area contributed by atoms with E-state index in [1.54, 1.807) is 44.6 Å². The Hall–Kier alpha value is -4.14. The van der Waals surface area contributed by atoms with Gasteiger partial charge in [-0.3, -0.25) is 14.6 Å². The van der Waals surface area contributed by atoms with Gasteiger partial charge >= 0.3 is 0 Å². The van der Waals surface area contributed by atoms with E-state index in [-0.39, 0.29) is 23.5 Å². The number of aromatic nitrogens is 1. The zero-order valence-corrected chi connectivity index (χ0v) is 23.2. The number of para-hydroxylation sites is 1. The molecule has 2 aliphatic rings. The van der Waals surface area contributed by atoms with Gasteiger partial charge in [0.25, 0.3) is 11.8 Å². The first-order valence-electron chi connectivity index (χ1n) is 13.7. The number of piperazine rings is 1. The van der Waals surface area contributed by atoms with Gasteiger partial charge in [0.1, 0.15) is 5.82 Å². The van der Waals surface area contributed by atoms with Crippen LogP contribution >= 0.6 is 0 Å². The van der Waals surface area contributed by atoms with E-state index in [1.807, 2.05) is 39.8 Å². The normalized spacial score (nSPS) is 16.1. The van der Waals surface area contributed by atoms with Gasteiger partial charge in [-0.1, -0.05) is 12.1 Å². The smallest absolute Gasteiger partial charge is 0.255 e. The van der Waals surface area contributed by atoms with Crippen LogP contribution in [0.2, 0.25) is 0 Å². The highest BCUT2D eigenvalue weighted by Crippen LogP contribution is 2.33. The van der Waals surface area contributed by atoms with Crippen LogP contribution in [0.15, 0.2) is 54.6 Å². The average Bonchev–Trinajstić information content (AvgIpc) is 3.00. The van der Waals surface area contributed by atoms with E-state index in [1.165, 1.54) is 6.07 Å². The molecule has 2 aromatic carbocycles. The molecule has 40 heavy (non-hydrogen) atoms. The minimum atomic E-state index is -0.247. The van der Waals surface area contributed by atoms with Crippen molar-refractivity contribution >= 4 is 17.5 Å². The number of amides is 2. The number of ether oxygens (including phenoxy) is 2. The van der Waals surface area contributed by atoms with Crippen molar-refractivity contribution in [1.29, 1.82) is 0 Å². The number of nitrogens with zero attached hydrogens (tertiary/aromatic N) is 4. The monoisotopic (exact) mass is 546 g/mol. The molecule has 8 nitrogen and oxygen atoms in total. The molecule has 2 amide bonds. The molecule has 0 saturated carbocycles. The van der Waals surface area contributed by atoms with E-state index in [9.17, 15) is 14.0 Å². The van der Waals surface area contributed by atoms with Crippen molar-refractivity contribution in [3.05, 3.63) is 82.9 Å². The zero-order chi connectivity index (χ0) is 28.2. The van der Waals surface area contributed by atoms with E-state index >= 15 is 0 Å². The number of benzene rings is 2. The molecule has 9 heteroatoms. The van der Waals surface area contributed by atoms with E-state index in [2.05, 4.69) is 0 Å². The molecule has 3 aromatic rings. The van der Waals surface area contributed by atoms with Gasteiger partial charge in [-0.15, -0.1) is 0 Å². The van der Waals surface area contributed by atoms with E-state index in [4.69, 9.17) is 14.5 Å². The fourth-order valence-corrected chi connectivity index (χ4v) is 5.61.